The molecule has 3 rings (SSSR count). The van der Waals surface area contributed by atoms with Gasteiger partial charge in [-0.1, -0.05) is 37.3 Å². The Hall–Kier alpha value is -2.69. The van der Waals surface area contributed by atoms with Crippen LogP contribution < -0.4 is 5.43 Å². The van der Waals surface area contributed by atoms with Gasteiger partial charge in [0.05, 0.1) is 6.04 Å². The summed E-state index contributed by atoms with van der Waals surface area (Å²) in [5, 5.41) is 1.43. The number of benzene rings is 2. The van der Waals surface area contributed by atoms with E-state index in [0.29, 0.717) is 18.4 Å². The average molecular weight is 326 g/mol. The molecule has 1 saturated heterocycles. The monoisotopic (exact) mass is 326 g/mol. The molecule has 4 nitrogen and oxygen atoms in total. The van der Waals surface area contributed by atoms with Gasteiger partial charge >= 0.3 is 0 Å². The Morgan fingerprint density at radius 3 is 2.46 bits per heavy atom. The second-order valence-electron chi connectivity index (χ2n) is 5.91. The third kappa shape index (κ3) is 3.15. The molecule has 24 heavy (non-hydrogen) atoms. The van der Waals surface area contributed by atoms with Gasteiger partial charge in [-0.05, 0) is 36.2 Å². The van der Waals surface area contributed by atoms with Gasteiger partial charge in [0.25, 0.3) is 5.91 Å². The molecule has 1 N–H and O–H groups in total. The summed E-state index contributed by atoms with van der Waals surface area (Å²) in [7, 11) is 0. The van der Waals surface area contributed by atoms with Crippen LogP contribution in [-0.2, 0) is 4.79 Å². The molecule has 1 fully saturated rings. The number of nitrogens with one attached hydrogen (secondary N) is 1. The molecule has 0 radical (unpaired) electrons. The van der Waals surface area contributed by atoms with Crippen LogP contribution in [-0.4, -0.2) is 22.9 Å². The first-order valence-corrected chi connectivity index (χ1v) is 8.03. The summed E-state index contributed by atoms with van der Waals surface area (Å²) in [6, 6.07) is 14.9. The number of carbonyl (C=O) groups excluding carboxylic acids is 2. The van der Waals surface area contributed by atoms with Crippen LogP contribution in [0.1, 0.15) is 41.6 Å². The molecule has 0 aromatic heterocycles. The Morgan fingerprint density at radius 2 is 1.83 bits per heavy atom. The van der Waals surface area contributed by atoms with Crippen molar-refractivity contribution in [2.45, 2.75) is 31.7 Å². The lowest BCUT2D eigenvalue weighted by Crippen LogP contribution is -2.48. The summed E-state index contributed by atoms with van der Waals surface area (Å²) in [6.45, 7) is 1.97. The molecule has 2 aromatic rings. The molecule has 124 valence electrons. The Morgan fingerprint density at radius 1 is 1.17 bits per heavy atom. The zero-order valence-electron chi connectivity index (χ0n) is 13.4. The highest BCUT2D eigenvalue weighted by Gasteiger charge is 2.40. The first kappa shape index (κ1) is 16.2. The summed E-state index contributed by atoms with van der Waals surface area (Å²) in [6.07, 6.45) is 1.00. The smallest absolute Gasteiger partial charge is 0.269 e. The minimum Gasteiger partial charge on any atom is -0.273 e. The van der Waals surface area contributed by atoms with Gasteiger partial charge in [0.15, 0.2) is 0 Å². The highest BCUT2D eigenvalue weighted by molar-refractivity contribution is 5.95. The normalized spacial score (nSPS) is 20.2. The van der Waals surface area contributed by atoms with Crippen LogP contribution in [0.5, 0.6) is 0 Å². The average Bonchev–Trinajstić information content (AvgIpc) is 2.92. The van der Waals surface area contributed by atoms with Crippen LogP contribution in [0.2, 0.25) is 0 Å². The molecule has 1 heterocycles. The van der Waals surface area contributed by atoms with Crippen molar-refractivity contribution in [2.24, 2.45) is 0 Å². The number of hydrazine groups is 1. The van der Waals surface area contributed by atoms with Crippen molar-refractivity contribution in [1.29, 1.82) is 0 Å². The second kappa shape index (κ2) is 6.83. The molecule has 0 aliphatic carbocycles. The zero-order valence-corrected chi connectivity index (χ0v) is 13.4. The molecular formula is C19H19FN2O2. The Balaban J connectivity index is 1.79. The van der Waals surface area contributed by atoms with E-state index in [4.69, 9.17) is 0 Å². The number of rotatable bonds is 4. The summed E-state index contributed by atoms with van der Waals surface area (Å²) in [5.41, 5.74) is 4.14. The van der Waals surface area contributed by atoms with E-state index in [9.17, 15) is 14.0 Å². The maximum Gasteiger partial charge on any atom is 0.269 e. The van der Waals surface area contributed by atoms with E-state index in [1.807, 2.05) is 13.0 Å². The minimum atomic E-state index is -0.304. The van der Waals surface area contributed by atoms with Crippen LogP contribution in [0, 0.1) is 5.82 Å². The van der Waals surface area contributed by atoms with E-state index in [2.05, 4.69) is 5.43 Å². The maximum atomic E-state index is 13.1. The molecule has 1 aliphatic rings. The molecule has 0 bridgehead atoms. The van der Waals surface area contributed by atoms with Crippen LogP contribution in [0.15, 0.2) is 54.6 Å². The highest BCUT2D eigenvalue weighted by atomic mass is 19.1. The number of halogens is 1. The molecular weight excluding hydrogens is 307 g/mol. The van der Waals surface area contributed by atoms with Crippen LogP contribution in [0.3, 0.4) is 0 Å². The molecule has 5 heteroatoms. The van der Waals surface area contributed by atoms with Crippen LogP contribution in [0.4, 0.5) is 4.39 Å². The van der Waals surface area contributed by atoms with Gasteiger partial charge in [-0.15, -0.1) is 0 Å². The lowest BCUT2D eigenvalue weighted by atomic mass is 9.90. The summed E-state index contributed by atoms with van der Waals surface area (Å²) in [5.74, 6) is -0.785. The maximum absolute atomic E-state index is 13.1. The number of carbonyl (C=O) groups is 2. The minimum absolute atomic E-state index is 0.0563. The first-order chi connectivity index (χ1) is 11.6. The summed E-state index contributed by atoms with van der Waals surface area (Å²) < 4.78 is 13.1. The van der Waals surface area contributed by atoms with Crippen molar-refractivity contribution >= 4 is 11.8 Å². The lowest BCUT2D eigenvalue weighted by molar-refractivity contribution is -0.131. The van der Waals surface area contributed by atoms with Gasteiger partial charge in [-0.3, -0.25) is 20.0 Å². The highest BCUT2D eigenvalue weighted by Crippen LogP contribution is 2.35. The van der Waals surface area contributed by atoms with Gasteiger partial charge in [0.2, 0.25) is 5.91 Å². The van der Waals surface area contributed by atoms with E-state index in [0.717, 1.165) is 5.56 Å². The van der Waals surface area contributed by atoms with E-state index < -0.39 is 0 Å². The van der Waals surface area contributed by atoms with Crippen molar-refractivity contribution in [3.8, 4) is 0 Å². The van der Waals surface area contributed by atoms with Crippen molar-refractivity contribution in [2.75, 3.05) is 0 Å². The van der Waals surface area contributed by atoms with Gasteiger partial charge < -0.3 is 0 Å². The first-order valence-electron chi connectivity index (χ1n) is 8.03. The fraction of sp³-hybridized carbons (Fsp3) is 0.263. The Labute approximate surface area is 140 Å². The van der Waals surface area contributed by atoms with E-state index in [-0.39, 0.29) is 29.6 Å². The van der Waals surface area contributed by atoms with Crippen molar-refractivity contribution < 1.29 is 14.0 Å². The molecule has 1 aliphatic heterocycles. The predicted molar refractivity (Wildman–Crippen MR) is 88.6 cm³/mol. The summed E-state index contributed by atoms with van der Waals surface area (Å²) in [4.78, 5) is 24.7. The van der Waals surface area contributed by atoms with E-state index in [1.54, 1.807) is 36.4 Å². The topological polar surface area (TPSA) is 49.4 Å². The Bertz CT molecular complexity index is 731. The number of hydrogen-bond donors (Lipinski definition) is 1. The summed E-state index contributed by atoms with van der Waals surface area (Å²) >= 11 is 0. The molecule has 0 spiro atoms. The predicted octanol–water partition coefficient (Wildman–Crippen LogP) is 3.27. The van der Waals surface area contributed by atoms with Gasteiger partial charge in [0.1, 0.15) is 5.82 Å². The van der Waals surface area contributed by atoms with Crippen LogP contribution in [0.25, 0.3) is 0 Å². The number of amides is 2. The van der Waals surface area contributed by atoms with Crippen molar-refractivity contribution in [3.63, 3.8) is 0 Å². The SMILES string of the molecule is CC[C@H]1[C@H](c2ccc(F)cc2)CC(=O)N1NC(=O)c1ccccc1. The Kier molecular flexibility index (Phi) is 4.60. The van der Waals surface area contributed by atoms with Crippen molar-refractivity contribution in [3.05, 3.63) is 71.5 Å². The van der Waals surface area contributed by atoms with E-state index in [1.165, 1.54) is 17.1 Å². The fourth-order valence-corrected chi connectivity index (χ4v) is 3.21. The zero-order chi connectivity index (χ0) is 17.1. The molecule has 2 aromatic carbocycles. The molecule has 0 unspecified atom stereocenters. The third-order valence-electron chi connectivity index (χ3n) is 4.43. The number of nitrogens with zero attached hydrogens (tertiary/aromatic N) is 1. The van der Waals surface area contributed by atoms with Crippen LogP contribution >= 0.6 is 0 Å². The quantitative estimate of drug-likeness (QED) is 0.937. The lowest BCUT2D eigenvalue weighted by Gasteiger charge is -2.27. The second-order valence-corrected chi connectivity index (χ2v) is 5.91. The largest absolute Gasteiger partial charge is 0.273 e. The van der Waals surface area contributed by atoms with Gasteiger partial charge in [0, 0.05) is 17.9 Å². The van der Waals surface area contributed by atoms with Gasteiger partial charge in [-0.2, -0.15) is 0 Å². The molecule has 2 atom stereocenters. The number of hydrogen-bond acceptors (Lipinski definition) is 2. The third-order valence-corrected chi connectivity index (χ3v) is 4.43. The fourth-order valence-electron chi connectivity index (χ4n) is 3.21. The van der Waals surface area contributed by atoms with Gasteiger partial charge in [-0.25, -0.2) is 4.39 Å². The van der Waals surface area contributed by atoms with Crippen molar-refractivity contribution in [1.82, 2.24) is 10.4 Å². The molecule has 2 amide bonds. The standard InChI is InChI=1S/C19H19FN2O2/c1-2-17-16(13-8-10-15(20)11-9-13)12-18(23)22(17)21-19(24)14-6-4-3-5-7-14/h3-11,16-17H,2,12H2,1H3,(H,21,24)/t16-,17-/m0/s1. The van der Waals surface area contributed by atoms with E-state index >= 15 is 0 Å². The molecule has 0 saturated carbocycles.